The molecule has 3 aromatic heterocycles. The maximum atomic E-state index is 14.1. The van der Waals surface area contributed by atoms with E-state index in [1.165, 1.54) is 14.0 Å². The Morgan fingerprint density at radius 2 is 0.626 bits per heavy atom. The van der Waals surface area contributed by atoms with Gasteiger partial charge in [0.2, 0.25) is 0 Å². The molecule has 3 fully saturated rings. The summed E-state index contributed by atoms with van der Waals surface area (Å²) < 4.78 is 121. The number of rotatable bonds is 18. The summed E-state index contributed by atoms with van der Waals surface area (Å²) in [5.74, 6) is 4.90. The number of aromatic nitrogens is 6. The van der Waals surface area contributed by atoms with E-state index in [-0.39, 0.29) is 97.2 Å². The third kappa shape index (κ3) is 20.7. The van der Waals surface area contributed by atoms with Gasteiger partial charge in [-0.25, -0.2) is 40.4 Å². The molecule has 31 heteroatoms. The van der Waals surface area contributed by atoms with Gasteiger partial charge in [0, 0.05) is 104 Å². The first-order chi connectivity index (χ1) is 53.4. The lowest BCUT2D eigenvalue weighted by Gasteiger charge is -2.32. The molecular weight excluding hydrogens is 1510 g/mol. The molecule has 7 N–H and O–H groups in total. The fraction of sp³-hybridized carbons (Fsp3) is 0.429. The number of alkyl halides is 6. The Balaban J connectivity index is 0.000000231. The summed E-state index contributed by atoms with van der Waals surface area (Å²) in [6, 6.07) is 38.8. The fourth-order valence-electron chi connectivity index (χ4n) is 14.5. The highest BCUT2D eigenvalue weighted by molar-refractivity contribution is 5.96. The van der Waals surface area contributed by atoms with Crippen molar-refractivity contribution in [2.24, 2.45) is 0 Å². The Bertz CT molecular complexity index is 4140. The second-order valence-electron chi connectivity index (χ2n) is 26.9. The highest BCUT2D eigenvalue weighted by Crippen LogP contribution is 2.46. The molecule has 6 aromatic carbocycles. The Labute approximate surface area is 676 Å². The number of nitrogens with zero attached hydrogens (tertiary/aromatic N) is 9. The second-order valence-corrected chi connectivity index (χ2v) is 26.9. The quantitative estimate of drug-likeness (QED) is 0.0437. The van der Waals surface area contributed by atoms with E-state index in [9.17, 15) is 40.7 Å². The number of nitrogens with one attached hydrogen (secondary N) is 5. The largest absolute Gasteiger partial charge is 1.00 e. The number of amides is 3. The summed E-state index contributed by atoms with van der Waals surface area (Å²) in [6.45, 7) is 13.1. The molecule has 9 heterocycles. The minimum Gasteiger partial charge on any atom is -1.00 e. The molecule has 0 spiro atoms. The van der Waals surface area contributed by atoms with E-state index >= 15 is 0 Å². The highest BCUT2D eigenvalue weighted by atomic mass is 35.5. The van der Waals surface area contributed by atoms with Crippen LogP contribution in [-0.2, 0) is 0 Å². The number of methoxy groups -OCH3 is 6. The number of carbonyl (C=O) groups excluding carboxylic acids is 3. The molecule has 0 saturated carbocycles. The van der Waals surface area contributed by atoms with E-state index in [0.29, 0.717) is 112 Å². The van der Waals surface area contributed by atoms with Gasteiger partial charge in [-0.05, 0) is 109 Å². The molecule has 3 saturated heterocycles. The summed E-state index contributed by atoms with van der Waals surface area (Å²) in [5.41, 5.74) is 8.26. The number of benzene rings is 6. The molecule has 15 rings (SSSR count). The number of ether oxygens (including phenoxy) is 6. The minimum absolute atomic E-state index is 0. The fourth-order valence-corrected chi connectivity index (χ4v) is 14.5. The van der Waals surface area contributed by atoms with Gasteiger partial charge in [0.25, 0.3) is 37.0 Å². The molecule has 0 bridgehead atoms. The summed E-state index contributed by atoms with van der Waals surface area (Å²) >= 11 is 0. The van der Waals surface area contributed by atoms with Gasteiger partial charge in [-0.2, -0.15) is 15.3 Å². The van der Waals surface area contributed by atoms with Crippen LogP contribution < -0.4 is 72.7 Å². The Morgan fingerprint density at radius 3 is 0.870 bits per heavy atom. The lowest BCUT2D eigenvalue weighted by Crippen LogP contribution is -3.00. The summed E-state index contributed by atoms with van der Waals surface area (Å²) in [6.07, 6.45) is -7.25. The zero-order valence-electron chi connectivity index (χ0n) is 63.1. The van der Waals surface area contributed by atoms with E-state index in [1.54, 1.807) is 128 Å². The van der Waals surface area contributed by atoms with Crippen LogP contribution in [0.15, 0.2) is 146 Å². The molecular formula is C84H110ClF6N15O9. The standard InChI is InChI=1S/3C26H29F2N5O3.C2H6.4CH4.ClH/c3*1-35-22-8-7-18(13-23(22)36-2)19-14-21(25(27)28)33-24(30-19)15-20(31-33)16-3-5-17(6-4-16)26(34)32-11-9-29-10-12-32;1-2;;;;;/h3*3-8,13,15,19,21,25,29-30H,9-12,14H2,1-2H3;1-2H3;4*1H4;1H/t2*19-,21+;;;;;;;/m10......./s1. The molecule has 0 aliphatic carbocycles. The van der Waals surface area contributed by atoms with Crippen molar-refractivity contribution in [3.05, 3.63) is 179 Å². The average Bonchev–Trinajstić information content (AvgIpc) is 1.66. The first-order valence-electron chi connectivity index (χ1n) is 37.0. The molecule has 624 valence electrons. The van der Waals surface area contributed by atoms with Gasteiger partial charge in [0.15, 0.2) is 34.5 Å². The van der Waals surface area contributed by atoms with E-state index in [1.807, 2.05) is 89.2 Å². The molecule has 6 aliphatic rings. The van der Waals surface area contributed by atoms with Crippen molar-refractivity contribution in [1.82, 2.24) is 54.7 Å². The van der Waals surface area contributed by atoms with Gasteiger partial charge in [-0.3, -0.25) is 14.4 Å². The van der Waals surface area contributed by atoms with E-state index in [4.69, 9.17) is 28.4 Å². The van der Waals surface area contributed by atoms with Crippen molar-refractivity contribution < 1.29 is 86.9 Å². The topological polar surface area (TPSA) is 247 Å². The number of hydrogen-bond acceptors (Lipinski definition) is 17. The van der Waals surface area contributed by atoms with Gasteiger partial charge in [-0.1, -0.05) is 98.2 Å². The average molecular weight is 1620 g/mol. The Hall–Kier alpha value is -10.7. The Morgan fingerprint density at radius 1 is 0.374 bits per heavy atom. The number of nitrogens with two attached hydrogens (primary N) is 1. The van der Waals surface area contributed by atoms with Crippen LogP contribution in [0.3, 0.4) is 0 Å². The number of fused-ring (bicyclic) bond motifs is 3. The van der Waals surface area contributed by atoms with Crippen LogP contribution in [0.2, 0.25) is 0 Å². The van der Waals surface area contributed by atoms with E-state index in [2.05, 4.69) is 47.2 Å². The van der Waals surface area contributed by atoms with Crippen molar-refractivity contribution in [2.75, 3.05) is 137 Å². The number of carbonyl (C=O) groups is 3. The Kier molecular flexibility index (Phi) is 33.5. The first kappa shape index (κ1) is 91.5. The number of hydrogen-bond donors (Lipinski definition) is 6. The predicted molar refractivity (Wildman–Crippen MR) is 433 cm³/mol. The zero-order chi connectivity index (χ0) is 77.7. The van der Waals surface area contributed by atoms with Gasteiger partial charge in [0.1, 0.15) is 35.6 Å². The second kappa shape index (κ2) is 42.1. The molecule has 6 aliphatic heterocycles. The maximum Gasteiger partial charge on any atom is 0.260 e. The van der Waals surface area contributed by atoms with Crippen LogP contribution in [0.25, 0.3) is 33.8 Å². The normalized spacial score (nSPS) is 18.4. The number of piperazine rings is 3. The smallest absolute Gasteiger partial charge is 0.260 e. The van der Waals surface area contributed by atoms with E-state index in [0.717, 1.165) is 85.7 Å². The molecule has 2 unspecified atom stereocenters. The van der Waals surface area contributed by atoms with Crippen LogP contribution in [0, 0.1) is 0 Å². The lowest BCUT2D eigenvalue weighted by atomic mass is 9.97. The van der Waals surface area contributed by atoms with Crippen molar-refractivity contribution in [3.8, 4) is 68.3 Å². The third-order valence-electron chi connectivity index (χ3n) is 20.4. The number of halogens is 7. The number of anilines is 3. The van der Waals surface area contributed by atoms with Gasteiger partial charge in [-0.15, -0.1) is 0 Å². The SMILES string of the molecule is C.C.C.C.CC.COc1ccc(C2CC(C(F)F)n3nc(-c4ccc(C(=O)N5CC[NH2+]CC5)cc4)cc3N2)cc1OC.COc1ccc([C@@H]2C[C@H](C(F)F)n3nc(-c4ccc(C(=O)N5CCNCC5)cc4)cc3N2)cc1OC.COc1ccc([C@H]2C[C@@H](C(F)F)n3nc(-c4ccc(C(=O)N5CCNCC5)cc4)cc3N2)cc1OC.[Cl-]. The molecule has 24 nitrogen and oxygen atoms in total. The monoisotopic (exact) mass is 1620 g/mol. The molecule has 9 aromatic rings. The van der Waals surface area contributed by atoms with Gasteiger partial charge in [0.05, 0.1) is 104 Å². The molecule has 3 amide bonds. The summed E-state index contributed by atoms with van der Waals surface area (Å²) in [5, 5.41) is 32.2. The van der Waals surface area contributed by atoms with Crippen LogP contribution in [-0.4, -0.2) is 202 Å². The van der Waals surface area contributed by atoms with Crippen LogP contribution >= 0.6 is 0 Å². The van der Waals surface area contributed by atoms with Gasteiger partial charge < -0.3 is 87.4 Å². The molecule has 0 radical (unpaired) electrons. The van der Waals surface area contributed by atoms with Crippen molar-refractivity contribution in [1.29, 1.82) is 0 Å². The lowest BCUT2D eigenvalue weighted by molar-refractivity contribution is -0.661. The first-order valence-corrected chi connectivity index (χ1v) is 37.0. The van der Waals surface area contributed by atoms with Crippen molar-refractivity contribution in [3.63, 3.8) is 0 Å². The maximum absolute atomic E-state index is 14.1. The predicted octanol–water partition coefficient (Wildman–Crippen LogP) is 11.5. The third-order valence-corrected chi connectivity index (χ3v) is 20.4. The van der Waals surface area contributed by atoms with Crippen LogP contribution in [0.5, 0.6) is 34.5 Å². The minimum atomic E-state index is -2.58. The summed E-state index contributed by atoms with van der Waals surface area (Å²) in [4.78, 5) is 43.8. The van der Waals surface area contributed by atoms with Gasteiger partial charge >= 0.3 is 0 Å². The number of quaternary nitrogens is 1. The molecule has 6 atom stereocenters. The summed E-state index contributed by atoms with van der Waals surface area (Å²) in [7, 11) is 9.29. The zero-order valence-corrected chi connectivity index (χ0v) is 63.8. The van der Waals surface area contributed by atoms with Crippen LogP contribution in [0.4, 0.5) is 43.8 Å². The highest BCUT2D eigenvalue weighted by Gasteiger charge is 2.39. The van der Waals surface area contributed by atoms with E-state index < -0.39 is 37.4 Å². The van der Waals surface area contributed by atoms with Crippen molar-refractivity contribution >= 4 is 35.2 Å². The van der Waals surface area contributed by atoms with Crippen LogP contribution in [0.1, 0.15) is 147 Å². The molecule has 115 heavy (non-hydrogen) atoms. The van der Waals surface area contributed by atoms with Crippen molar-refractivity contribution in [2.45, 2.75) is 118 Å².